The van der Waals surface area contributed by atoms with Crippen molar-refractivity contribution in [3.05, 3.63) is 48.0 Å². The quantitative estimate of drug-likeness (QED) is 0.273. The third-order valence-electron chi connectivity index (χ3n) is 6.74. The van der Waals surface area contributed by atoms with Gasteiger partial charge in [-0.2, -0.15) is 0 Å². The van der Waals surface area contributed by atoms with E-state index in [2.05, 4.69) is 55.2 Å². The van der Waals surface area contributed by atoms with E-state index in [1.807, 2.05) is 19.9 Å². The number of unbranched alkanes of at least 4 members (excludes halogenated alkanes) is 2. The van der Waals surface area contributed by atoms with Crippen LogP contribution < -0.4 is 0 Å². The van der Waals surface area contributed by atoms with Gasteiger partial charge in [0, 0.05) is 18.0 Å². The second-order valence-corrected chi connectivity index (χ2v) is 8.86. The SMILES string of the molecule is CCCCCC(CC)C(=O)O.CCOC(=O)[C@@H]1[C@H]2C=C[C@H](CC2)N1[C@H](C)c1ccccc1. The first kappa shape index (κ1) is 26.1. The predicted octanol–water partition coefficient (Wildman–Crippen LogP) is 6.01. The number of carbonyl (C=O) groups is 2. The molecule has 0 saturated carbocycles. The molecular weight excluding hydrogens is 402 g/mol. The van der Waals surface area contributed by atoms with Crippen LogP contribution in [0.4, 0.5) is 0 Å². The average Bonchev–Trinajstić information content (AvgIpc) is 2.82. The van der Waals surface area contributed by atoms with Crippen LogP contribution in [-0.2, 0) is 14.3 Å². The Bertz CT molecular complexity index is 732. The zero-order chi connectivity index (χ0) is 23.5. The normalized spacial score (nSPS) is 23.7. The Morgan fingerprint density at radius 2 is 1.81 bits per heavy atom. The van der Waals surface area contributed by atoms with Crippen molar-refractivity contribution in [2.45, 2.75) is 90.8 Å². The molecule has 5 nitrogen and oxygen atoms in total. The smallest absolute Gasteiger partial charge is 0.323 e. The van der Waals surface area contributed by atoms with Crippen LogP contribution in [0, 0.1) is 11.8 Å². The Kier molecular flexibility index (Phi) is 10.9. The first-order valence-electron chi connectivity index (χ1n) is 12.3. The molecule has 1 fully saturated rings. The van der Waals surface area contributed by atoms with Crippen molar-refractivity contribution in [3.8, 4) is 0 Å². The molecule has 178 valence electrons. The number of carboxylic acids is 1. The fraction of sp³-hybridized carbons (Fsp3) is 0.630. The molecule has 32 heavy (non-hydrogen) atoms. The highest BCUT2D eigenvalue weighted by Crippen LogP contribution is 2.40. The molecule has 0 aromatic heterocycles. The molecular formula is C27H41NO4. The van der Waals surface area contributed by atoms with Gasteiger partial charge in [0.2, 0.25) is 0 Å². The van der Waals surface area contributed by atoms with Crippen molar-refractivity contribution >= 4 is 11.9 Å². The number of aliphatic carboxylic acids is 1. The van der Waals surface area contributed by atoms with Gasteiger partial charge in [-0.25, -0.2) is 0 Å². The molecule has 2 bridgehead atoms. The van der Waals surface area contributed by atoms with Crippen LogP contribution in [0.2, 0.25) is 0 Å². The van der Waals surface area contributed by atoms with Gasteiger partial charge in [0.05, 0.1) is 12.5 Å². The fourth-order valence-electron chi connectivity index (χ4n) is 4.86. The first-order valence-corrected chi connectivity index (χ1v) is 12.3. The zero-order valence-electron chi connectivity index (χ0n) is 20.2. The molecule has 1 aromatic carbocycles. The standard InChI is InChI=1S/C18H23NO2.C9H18O2/c1-3-21-18(20)17-15-9-11-16(12-10-15)19(17)13(2)14-7-5-4-6-8-14;1-3-5-6-7-8(4-2)9(10)11/h4-9,11,13,15-17H,3,10,12H2,1-2H3;8H,3-7H2,1-2H3,(H,10,11)/t13-,15+,16-,17+;/m1./s1. The average molecular weight is 444 g/mol. The van der Waals surface area contributed by atoms with Crippen LogP contribution in [0.5, 0.6) is 0 Å². The van der Waals surface area contributed by atoms with Gasteiger partial charge in [-0.15, -0.1) is 0 Å². The van der Waals surface area contributed by atoms with Crippen molar-refractivity contribution in [3.63, 3.8) is 0 Å². The maximum Gasteiger partial charge on any atom is 0.323 e. The van der Waals surface area contributed by atoms with Gasteiger partial charge in [-0.1, -0.05) is 75.6 Å². The summed E-state index contributed by atoms with van der Waals surface area (Å²) >= 11 is 0. The van der Waals surface area contributed by atoms with Crippen molar-refractivity contribution in [2.75, 3.05) is 6.61 Å². The Morgan fingerprint density at radius 3 is 2.34 bits per heavy atom. The van der Waals surface area contributed by atoms with E-state index in [1.165, 1.54) is 5.56 Å². The molecule has 5 atom stereocenters. The summed E-state index contributed by atoms with van der Waals surface area (Å²) in [7, 11) is 0. The van der Waals surface area contributed by atoms with Crippen LogP contribution in [0.1, 0.15) is 84.2 Å². The number of ether oxygens (including phenoxy) is 1. The Morgan fingerprint density at radius 1 is 1.09 bits per heavy atom. The monoisotopic (exact) mass is 443 g/mol. The van der Waals surface area contributed by atoms with Gasteiger partial charge in [-0.3, -0.25) is 14.5 Å². The predicted molar refractivity (Wildman–Crippen MR) is 128 cm³/mol. The van der Waals surface area contributed by atoms with E-state index in [0.717, 1.165) is 44.9 Å². The Hall–Kier alpha value is -2.14. The molecule has 1 unspecified atom stereocenters. The van der Waals surface area contributed by atoms with Gasteiger partial charge in [0.15, 0.2) is 0 Å². The number of nitrogens with zero attached hydrogens (tertiary/aromatic N) is 1. The highest BCUT2D eigenvalue weighted by molar-refractivity contribution is 5.77. The van der Waals surface area contributed by atoms with Crippen molar-refractivity contribution < 1.29 is 19.4 Å². The highest BCUT2D eigenvalue weighted by Gasteiger charge is 2.45. The van der Waals surface area contributed by atoms with E-state index in [1.54, 1.807) is 0 Å². The molecule has 3 aliphatic rings. The lowest BCUT2D eigenvalue weighted by Gasteiger charge is -2.49. The van der Waals surface area contributed by atoms with Crippen LogP contribution in [0.15, 0.2) is 42.5 Å². The third-order valence-corrected chi connectivity index (χ3v) is 6.74. The van der Waals surface area contributed by atoms with Gasteiger partial charge < -0.3 is 9.84 Å². The topological polar surface area (TPSA) is 66.8 Å². The van der Waals surface area contributed by atoms with E-state index < -0.39 is 5.97 Å². The van der Waals surface area contributed by atoms with Gasteiger partial charge in [0.1, 0.15) is 6.04 Å². The molecule has 0 spiro atoms. The molecule has 4 rings (SSSR count). The number of hydrogen-bond donors (Lipinski definition) is 1. The molecule has 0 amide bonds. The fourth-order valence-corrected chi connectivity index (χ4v) is 4.86. The maximum absolute atomic E-state index is 12.4. The summed E-state index contributed by atoms with van der Waals surface area (Å²) in [4.78, 5) is 25.3. The zero-order valence-corrected chi connectivity index (χ0v) is 20.2. The number of carbonyl (C=O) groups excluding carboxylic acids is 1. The lowest BCUT2D eigenvalue weighted by Crippen LogP contribution is -2.57. The molecule has 1 N–H and O–H groups in total. The summed E-state index contributed by atoms with van der Waals surface area (Å²) in [5.74, 6) is -0.523. The van der Waals surface area contributed by atoms with E-state index in [9.17, 15) is 9.59 Å². The minimum absolute atomic E-state index is 0.0701. The van der Waals surface area contributed by atoms with Crippen LogP contribution in [-0.4, -0.2) is 40.6 Å². The van der Waals surface area contributed by atoms with Crippen molar-refractivity contribution in [1.82, 2.24) is 4.90 Å². The number of benzene rings is 1. The molecule has 1 aliphatic carbocycles. The minimum atomic E-state index is -0.636. The van der Waals surface area contributed by atoms with Crippen LogP contribution >= 0.6 is 0 Å². The van der Waals surface area contributed by atoms with Gasteiger partial charge in [-0.05, 0) is 45.1 Å². The van der Waals surface area contributed by atoms with Crippen LogP contribution in [0.3, 0.4) is 0 Å². The summed E-state index contributed by atoms with van der Waals surface area (Å²) in [6.45, 7) is 8.58. The van der Waals surface area contributed by atoms with Gasteiger partial charge >= 0.3 is 11.9 Å². The molecule has 2 heterocycles. The van der Waals surface area contributed by atoms with E-state index >= 15 is 0 Å². The lowest BCUT2D eigenvalue weighted by molar-refractivity contribution is -0.156. The lowest BCUT2D eigenvalue weighted by atomic mass is 9.78. The Labute approximate surface area is 193 Å². The Balaban J connectivity index is 0.000000282. The highest BCUT2D eigenvalue weighted by atomic mass is 16.5. The molecule has 1 saturated heterocycles. The summed E-state index contributed by atoms with van der Waals surface area (Å²) in [6.07, 6.45) is 11.7. The first-order chi connectivity index (χ1) is 15.4. The largest absolute Gasteiger partial charge is 0.481 e. The maximum atomic E-state index is 12.4. The van der Waals surface area contributed by atoms with E-state index in [4.69, 9.17) is 9.84 Å². The number of esters is 1. The number of carboxylic acid groups (broad SMARTS) is 1. The molecule has 1 aromatic rings. The number of fused-ring (bicyclic) bond motifs is 2. The van der Waals surface area contributed by atoms with E-state index in [-0.39, 0.29) is 24.0 Å². The number of rotatable bonds is 10. The van der Waals surface area contributed by atoms with Crippen LogP contribution in [0.25, 0.3) is 0 Å². The summed E-state index contributed by atoms with van der Waals surface area (Å²) < 4.78 is 5.34. The van der Waals surface area contributed by atoms with Gasteiger partial charge in [0.25, 0.3) is 0 Å². The minimum Gasteiger partial charge on any atom is -0.481 e. The second kappa shape index (κ2) is 13.4. The van der Waals surface area contributed by atoms with E-state index in [0.29, 0.717) is 18.6 Å². The number of piperidine rings is 1. The molecule has 2 aliphatic heterocycles. The third kappa shape index (κ3) is 6.93. The summed E-state index contributed by atoms with van der Waals surface area (Å²) in [5.41, 5.74) is 1.26. The second-order valence-electron chi connectivity index (χ2n) is 8.86. The van der Waals surface area contributed by atoms with Crippen molar-refractivity contribution in [2.24, 2.45) is 11.8 Å². The molecule has 0 radical (unpaired) electrons. The van der Waals surface area contributed by atoms with Crippen molar-refractivity contribution in [1.29, 1.82) is 0 Å². The summed E-state index contributed by atoms with van der Waals surface area (Å²) in [6, 6.07) is 10.9. The number of hydrogen-bond acceptors (Lipinski definition) is 4. The molecule has 5 heteroatoms. The summed E-state index contributed by atoms with van der Waals surface area (Å²) in [5, 5.41) is 8.67.